The summed E-state index contributed by atoms with van der Waals surface area (Å²) in [6, 6.07) is 18.3. The maximum absolute atomic E-state index is 12.7. The molecule has 0 aliphatic heterocycles. The van der Waals surface area contributed by atoms with Crippen LogP contribution < -0.4 is 5.32 Å². The van der Waals surface area contributed by atoms with Crippen LogP contribution in [-0.2, 0) is 6.54 Å². The van der Waals surface area contributed by atoms with Crippen molar-refractivity contribution < 1.29 is 14.0 Å². The summed E-state index contributed by atoms with van der Waals surface area (Å²) in [7, 11) is 0. The van der Waals surface area contributed by atoms with Crippen LogP contribution in [0.2, 0.25) is 0 Å². The molecule has 0 spiro atoms. The summed E-state index contributed by atoms with van der Waals surface area (Å²) in [5.74, 6) is 0.912. The van der Waals surface area contributed by atoms with Crippen molar-refractivity contribution in [1.29, 1.82) is 0 Å². The lowest BCUT2D eigenvalue weighted by molar-refractivity contribution is 0.0993. The van der Waals surface area contributed by atoms with Gasteiger partial charge >= 0.3 is 0 Å². The van der Waals surface area contributed by atoms with Crippen molar-refractivity contribution >= 4 is 28.7 Å². The van der Waals surface area contributed by atoms with E-state index in [0.717, 1.165) is 29.6 Å². The highest BCUT2D eigenvalue weighted by Crippen LogP contribution is 2.24. The Bertz CT molecular complexity index is 1190. The third kappa shape index (κ3) is 3.69. The first-order chi connectivity index (χ1) is 14.1. The second-order valence-corrected chi connectivity index (χ2v) is 6.83. The van der Waals surface area contributed by atoms with E-state index < -0.39 is 0 Å². The lowest BCUT2D eigenvalue weighted by Gasteiger charge is -2.08. The van der Waals surface area contributed by atoms with Crippen LogP contribution in [0, 0.1) is 0 Å². The van der Waals surface area contributed by atoms with Crippen molar-refractivity contribution in [1.82, 2.24) is 9.55 Å². The molecule has 0 atom stereocenters. The number of Topliss-reactive ketones (excluding diaryl/α,β-unsaturated/α-hetero) is 1. The van der Waals surface area contributed by atoms with Gasteiger partial charge in [-0.15, -0.1) is 0 Å². The molecule has 6 nitrogen and oxygen atoms in total. The molecule has 4 aromatic rings. The number of nitrogens with one attached hydrogen (secondary N) is 1. The molecule has 0 bridgehead atoms. The number of carbonyl (C=O) groups is 2. The first kappa shape index (κ1) is 18.7. The second-order valence-electron chi connectivity index (χ2n) is 6.83. The number of aryl methyl sites for hydroxylation is 1. The number of imidazole rings is 1. The Morgan fingerprint density at radius 3 is 2.52 bits per heavy atom. The summed E-state index contributed by atoms with van der Waals surface area (Å²) in [5.41, 5.74) is 3.25. The van der Waals surface area contributed by atoms with Gasteiger partial charge in [-0.2, -0.15) is 0 Å². The molecule has 1 amide bonds. The molecular weight excluding hydrogens is 366 g/mol. The topological polar surface area (TPSA) is 77.1 Å². The molecule has 29 heavy (non-hydrogen) atoms. The lowest BCUT2D eigenvalue weighted by Crippen LogP contribution is -2.15. The van der Waals surface area contributed by atoms with E-state index >= 15 is 0 Å². The number of aromatic nitrogens is 2. The van der Waals surface area contributed by atoms with Crippen LogP contribution in [0.25, 0.3) is 22.4 Å². The Morgan fingerprint density at radius 2 is 1.79 bits per heavy atom. The Morgan fingerprint density at radius 1 is 1.03 bits per heavy atom. The third-order valence-electron chi connectivity index (χ3n) is 4.73. The standard InChI is InChI=1S/C23H21N3O3/c1-3-14-26-19-7-5-4-6-18(19)24-23(26)25-22(28)21-13-12-20(29-21)17-10-8-16(9-11-17)15(2)27/h4-13H,3,14H2,1-2H3,(H,24,25,28). The van der Waals surface area contributed by atoms with Crippen LogP contribution in [-0.4, -0.2) is 21.2 Å². The number of rotatable bonds is 6. The number of amides is 1. The average Bonchev–Trinajstić information content (AvgIpc) is 3.34. The van der Waals surface area contributed by atoms with Gasteiger partial charge in [0, 0.05) is 17.7 Å². The molecule has 4 rings (SSSR count). The lowest BCUT2D eigenvalue weighted by atomic mass is 10.1. The number of hydrogen-bond donors (Lipinski definition) is 1. The van der Waals surface area contributed by atoms with Crippen molar-refractivity contribution in [2.75, 3.05) is 5.32 Å². The maximum Gasteiger partial charge on any atom is 0.293 e. The van der Waals surface area contributed by atoms with E-state index in [1.54, 1.807) is 36.4 Å². The average molecular weight is 387 g/mol. The Hall–Kier alpha value is -3.67. The molecule has 0 fully saturated rings. The van der Waals surface area contributed by atoms with Gasteiger partial charge in [-0.25, -0.2) is 4.98 Å². The fourth-order valence-electron chi connectivity index (χ4n) is 3.27. The molecule has 2 aromatic carbocycles. The number of para-hydroxylation sites is 2. The zero-order valence-electron chi connectivity index (χ0n) is 16.3. The normalized spacial score (nSPS) is 11.0. The number of carbonyl (C=O) groups excluding carboxylic acids is 2. The van der Waals surface area contributed by atoms with E-state index in [1.165, 1.54) is 6.92 Å². The van der Waals surface area contributed by atoms with Gasteiger partial charge in [0.2, 0.25) is 5.95 Å². The largest absolute Gasteiger partial charge is 0.451 e. The van der Waals surface area contributed by atoms with E-state index in [1.807, 2.05) is 28.8 Å². The highest BCUT2D eigenvalue weighted by Gasteiger charge is 2.17. The summed E-state index contributed by atoms with van der Waals surface area (Å²) in [5, 5.41) is 2.86. The van der Waals surface area contributed by atoms with Gasteiger partial charge in [0.05, 0.1) is 11.0 Å². The molecule has 0 aliphatic rings. The van der Waals surface area contributed by atoms with Crippen LogP contribution in [0.4, 0.5) is 5.95 Å². The van der Waals surface area contributed by atoms with E-state index in [9.17, 15) is 9.59 Å². The molecule has 146 valence electrons. The number of anilines is 1. The minimum absolute atomic E-state index is 0.00558. The Balaban J connectivity index is 1.58. The quantitative estimate of drug-likeness (QED) is 0.464. The fourth-order valence-corrected chi connectivity index (χ4v) is 3.27. The van der Waals surface area contributed by atoms with Gasteiger partial charge in [0.25, 0.3) is 5.91 Å². The number of nitrogens with zero attached hydrogens (tertiary/aromatic N) is 2. The van der Waals surface area contributed by atoms with Gasteiger partial charge in [-0.05, 0) is 37.6 Å². The zero-order valence-corrected chi connectivity index (χ0v) is 16.3. The van der Waals surface area contributed by atoms with Crippen molar-refractivity contribution in [3.63, 3.8) is 0 Å². The van der Waals surface area contributed by atoms with Crippen LogP contribution in [0.1, 0.15) is 41.2 Å². The number of fused-ring (bicyclic) bond motifs is 1. The maximum atomic E-state index is 12.7. The molecule has 6 heteroatoms. The van der Waals surface area contributed by atoms with Crippen LogP contribution in [0.15, 0.2) is 65.1 Å². The van der Waals surface area contributed by atoms with Crippen molar-refractivity contribution in [3.8, 4) is 11.3 Å². The molecular formula is C23H21N3O3. The van der Waals surface area contributed by atoms with Crippen LogP contribution in [0.5, 0.6) is 0 Å². The molecule has 0 unspecified atom stereocenters. The number of furan rings is 1. The number of benzene rings is 2. The van der Waals surface area contributed by atoms with E-state index in [2.05, 4.69) is 17.2 Å². The summed E-state index contributed by atoms with van der Waals surface area (Å²) >= 11 is 0. The van der Waals surface area contributed by atoms with Gasteiger partial charge < -0.3 is 8.98 Å². The van der Waals surface area contributed by atoms with Gasteiger partial charge in [0.15, 0.2) is 11.5 Å². The summed E-state index contributed by atoms with van der Waals surface area (Å²) in [6.07, 6.45) is 0.921. The predicted octanol–water partition coefficient (Wildman–Crippen LogP) is 5.16. The summed E-state index contributed by atoms with van der Waals surface area (Å²) in [6.45, 7) is 4.36. The number of ketones is 1. The molecule has 2 heterocycles. The minimum Gasteiger partial charge on any atom is -0.451 e. The molecule has 2 aromatic heterocycles. The minimum atomic E-state index is -0.357. The van der Waals surface area contributed by atoms with Gasteiger partial charge in [-0.1, -0.05) is 43.3 Å². The summed E-state index contributed by atoms with van der Waals surface area (Å²) in [4.78, 5) is 28.7. The first-order valence-corrected chi connectivity index (χ1v) is 9.54. The van der Waals surface area contributed by atoms with Crippen molar-refractivity contribution in [3.05, 3.63) is 72.0 Å². The molecule has 0 saturated heterocycles. The van der Waals surface area contributed by atoms with Crippen molar-refractivity contribution in [2.45, 2.75) is 26.8 Å². The van der Waals surface area contributed by atoms with E-state index in [4.69, 9.17) is 4.42 Å². The van der Waals surface area contributed by atoms with Gasteiger partial charge in [-0.3, -0.25) is 14.9 Å². The monoisotopic (exact) mass is 387 g/mol. The van der Waals surface area contributed by atoms with E-state index in [-0.39, 0.29) is 17.5 Å². The molecule has 0 saturated carbocycles. The predicted molar refractivity (Wildman–Crippen MR) is 112 cm³/mol. The highest BCUT2D eigenvalue weighted by molar-refractivity contribution is 6.02. The van der Waals surface area contributed by atoms with Crippen molar-refractivity contribution in [2.24, 2.45) is 0 Å². The highest BCUT2D eigenvalue weighted by atomic mass is 16.3. The molecule has 1 N–H and O–H groups in total. The Kier molecular flexibility index (Phi) is 4.99. The Labute approximate surface area is 168 Å². The van der Waals surface area contributed by atoms with Gasteiger partial charge in [0.1, 0.15) is 5.76 Å². The van der Waals surface area contributed by atoms with Crippen LogP contribution in [0.3, 0.4) is 0 Å². The fraction of sp³-hybridized carbons (Fsp3) is 0.174. The first-order valence-electron chi connectivity index (χ1n) is 9.54. The SMILES string of the molecule is CCCn1c(NC(=O)c2ccc(-c3ccc(C(C)=O)cc3)o2)nc2ccccc21. The molecule has 0 aliphatic carbocycles. The second kappa shape index (κ2) is 7.75. The molecule has 0 radical (unpaired) electrons. The number of hydrogen-bond acceptors (Lipinski definition) is 4. The van der Waals surface area contributed by atoms with Crippen LogP contribution >= 0.6 is 0 Å². The smallest absolute Gasteiger partial charge is 0.293 e. The van der Waals surface area contributed by atoms with E-state index in [0.29, 0.717) is 17.3 Å². The third-order valence-corrected chi connectivity index (χ3v) is 4.73. The summed E-state index contributed by atoms with van der Waals surface area (Å²) < 4.78 is 7.74. The zero-order chi connectivity index (χ0) is 20.4.